The van der Waals surface area contributed by atoms with Crippen molar-refractivity contribution in [2.24, 2.45) is 0 Å². The van der Waals surface area contributed by atoms with E-state index in [1.165, 1.54) is 0 Å². The first-order chi connectivity index (χ1) is 7.11. The second-order valence-corrected chi connectivity index (χ2v) is 3.40. The first kappa shape index (κ1) is 11.8. The first-order valence-electron chi connectivity index (χ1n) is 4.33. The summed E-state index contributed by atoms with van der Waals surface area (Å²) in [5.74, 6) is -1.05. The van der Waals surface area contributed by atoms with Crippen LogP contribution in [-0.2, 0) is 16.1 Å². The van der Waals surface area contributed by atoms with Crippen LogP contribution in [-0.4, -0.2) is 17.7 Å². The normalized spacial score (nSPS) is 9.93. The lowest BCUT2D eigenvalue weighted by atomic mass is 10.2. The number of benzene rings is 1. The van der Waals surface area contributed by atoms with Crippen LogP contribution in [0.25, 0.3) is 0 Å². The highest BCUT2D eigenvalue weighted by atomic mass is 35.5. The number of hydrogen-bond donors (Lipinski definition) is 1. The van der Waals surface area contributed by atoms with Crippen molar-refractivity contribution in [1.82, 2.24) is 0 Å². The highest BCUT2D eigenvalue weighted by Crippen LogP contribution is 2.15. The third-order valence-electron chi connectivity index (χ3n) is 1.79. The second kappa shape index (κ2) is 5.53. The number of hydrogen-bond acceptors (Lipinski definition) is 2. The highest BCUT2D eigenvalue weighted by Gasteiger charge is 2.04. The van der Waals surface area contributed by atoms with Crippen molar-refractivity contribution in [2.75, 3.05) is 6.61 Å². The number of halogens is 1. The number of carboxylic acids is 1. The van der Waals surface area contributed by atoms with Gasteiger partial charge in [-0.1, -0.05) is 36.4 Å². The molecule has 0 atom stereocenters. The molecule has 0 bridgehead atoms. The Hall–Kier alpha value is -1.32. The smallest absolute Gasteiger partial charge is 0.333 e. The van der Waals surface area contributed by atoms with Gasteiger partial charge in [0.15, 0.2) is 0 Å². The predicted molar refractivity (Wildman–Crippen MR) is 57.9 cm³/mol. The minimum Gasteiger partial charge on any atom is -0.478 e. The number of aliphatic carboxylic acids is 1. The zero-order valence-corrected chi connectivity index (χ0v) is 8.83. The molecule has 80 valence electrons. The van der Waals surface area contributed by atoms with Crippen LogP contribution in [0.3, 0.4) is 0 Å². The van der Waals surface area contributed by atoms with E-state index in [2.05, 4.69) is 6.58 Å². The predicted octanol–water partition coefficient (Wildman–Crippen LogP) is 2.50. The number of rotatable bonds is 5. The van der Waals surface area contributed by atoms with Crippen molar-refractivity contribution in [1.29, 1.82) is 0 Å². The molecule has 0 saturated carbocycles. The third-order valence-corrected chi connectivity index (χ3v) is 2.16. The topological polar surface area (TPSA) is 46.5 Å². The summed E-state index contributed by atoms with van der Waals surface area (Å²) in [5.41, 5.74) is 0.861. The summed E-state index contributed by atoms with van der Waals surface area (Å²) in [7, 11) is 0. The van der Waals surface area contributed by atoms with Crippen LogP contribution < -0.4 is 0 Å². The van der Waals surface area contributed by atoms with Gasteiger partial charge >= 0.3 is 5.97 Å². The molecule has 1 rings (SSSR count). The van der Waals surface area contributed by atoms with Crippen LogP contribution in [0.15, 0.2) is 36.4 Å². The Labute approximate surface area is 92.9 Å². The highest BCUT2D eigenvalue weighted by molar-refractivity contribution is 6.31. The fraction of sp³-hybridized carbons (Fsp3) is 0.182. The molecule has 0 heterocycles. The van der Waals surface area contributed by atoms with Crippen molar-refractivity contribution < 1.29 is 14.6 Å². The van der Waals surface area contributed by atoms with E-state index < -0.39 is 5.97 Å². The van der Waals surface area contributed by atoms with E-state index in [0.717, 1.165) is 5.56 Å². The number of carbonyl (C=O) groups is 1. The standard InChI is InChI=1S/C11H11ClO3/c1-8(11(13)14)6-15-7-9-4-2-3-5-10(9)12/h2-5H,1,6-7H2,(H,13,14). The average Bonchev–Trinajstić information content (AvgIpc) is 2.20. The molecule has 0 saturated heterocycles. The Morgan fingerprint density at radius 1 is 1.47 bits per heavy atom. The summed E-state index contributed by atoms with van der Waals surface area (Å²) in [6.45, 7) is 3.63. The minimum atomic E-state index is -1.05. The monoisotopic (exact) mass is 226 g/mol. The Kier molecular flexibility index (Phi) is 4.34. The van der Waals surface area contributed by atoms with Gasteiger partial charge in [0.2, 0.25) is 0 Å². The van der Waals surface area contributed by atoms with Gasteiger partial charge in [-0.2, -0.15) is 0 Å². The second-order valence-electron chi connectivity index (χ2n) is 2.99. The number of ether oxygens (including phenoxy) is 1. The van der Waals surface area contributed by atoms with Crippen LogP contribution in [0.2, 0.25) is 5.02 Å². The molecule has 4 heteroatoms. The lowest BCUT2D eigenvalue weighted by Crippen LogP contribution is -2.06. The van der Waals surface area contributed by atoms with Gasteiger partial charge in [-0.05, 0) is 11.6 Å². The van der Waals surface area contributed by atoms with Gasteiger partial charge in [0.25, 0.3) is 0 Å². The summed E-state index contributed by atoms with van der Waals surface area (Å²) in [6.07, 6.45) is 0. The van der Waals surface area contributed by atoms with Gasteiger partial charge in [-0.25, -0.2) is 4.79 Å². The third kappa shape index (κ3) is 3.73. The largest absolute Gasteiger partial charge is 0.478 e. The fourth-order valence-electron chi connectivity index (χ4n) is 0.961. The van der Waals surface area contributed by atoms with Crippen molar-refractivity contribution in [3.8, 4) is 0 Å². The molecule has 1 aromatic rings. The van der Waals surface area contributed by atoms with Crippen molar-refractivity contribution >= 4 is 17.6 Å². The van der Waals surface area contributed by atoms with Crippen LogP contribution >= 0.6 is 11.6 Å². The molecule has 0 aliphatic heterocycles. The molecule has 1 N–H and O–H groups in total. The molecule has 0 spiro atoms. The van der Waals surface area contributed by atoms with Crippen molar-refractivity contribution in [3.63, 3.8) is 0 Å². The maximum Gasteiger partial charge on any atom is 0.333 e. The molecule has 15 heavy (non-hydrogen) atoms. The summed E-state index contributed by atoms with van der Waals surface area (Å²) >= 11 is 5.88. The molecule has 3 nitrogen and oxygen atoms in total. The number of carboxylic acid groups (broad SMARTS) is 1. The van der Waals surface area contributed by atoms with Crippen LogP contribution in [0, 0.1) is 0 Å². The Morgan fingerprint density at radius 2 is 2.13 bits per heavy atom. The first-order valence-corrected chi connectivity index (χ1v) is 4.71. The Balaban J connectivity index is 2.42. The van der Waals surface area contributed by atoms with E-state index in [9.17, 15) is 4.79 Å². The van der Waals surface area contributed by atoms with E-state index in [0.29, 0.717) is 5.02 Å². The van der Waals surface area contributed by atoms with E-state index in [1.807, 2.05) is 18.2 Å². The zero-order valence-electron chi connectivity index (χ0n) is 8.07. The van der Waals surface area contributed by atoms with Gasteiger partial charge in [-0.3, -0.25) is 0 Å². The van der Waals surface area contributed by atoms with E-state index in [-0.39, 0.29) is 18.8 Å². The van der Waals surface area contributed by atoms with Gasteiger partial charge < -0.3 is 9.84 Å². The van der Waals surface area contributed by atoms with Crippen molar-refractivity contribution in [3.05, 3.63) is 47.0 Å². The summed E-state index contributed by atoms with van der Waals surface area (Å²) in [6, 6.07) is 7.25. The summed E-state index contributed by atoms with van der Waals surface area (Å²) < 4.78 is 5.16. The van der Waals surface area contributed by atoms with Crippen LogP contribution in [0.1, 0.15) is 5.56 Å². The molecule has 0 unspecified atom stereocenters. The molecule has 0 aliphatic rings. The summed E-state index contributed by atoms with van der Waals surface area (Å²) in [5, 5.41) is 9.14. The molecular weight excluding hydrogens is 216 g/mol. The molecule has 0 aliphatic carbocycles. The molecule has 1 aromatic carbocycles. The van der Waals surface area contributed by atoms with Crippen LogP contribution in [0.5, 0.6) is 0 Å². The van der Waals surface area contributed by atoms with Crippen LogP contribution in [0.4, 0.5) is 0 Å². The lowest BCUT2D eigenvalue weighted by molar-refractivity contribution is -0.133. The quantitative estimate of drug-likeness (QED) is 0.785. The minimum absolute atomic E-state index is 0.000552. The maximum atomic E-state index is 10.4. The van der Waals surface area contributed by atoms with E-state index >= 15 is 0 Å². The van der Waals surface area contributed by atoms with E-state index in [4.69, 9.17) is 21.4 Å². The maximum absolute atomic E-state index is 10.4. The Bertz CT molecular complexity index is 374. The molecule has 0 fully saturated rings. The lowest BCUT2D eigenvalue weighted by Gasteiger charge is -2.05. The van der Waals surface area contributed by atoms with E-state index in [1.54, 1.807) is 6.07 Å². The van der Waals surface area contributed by atoms with Gasteiger partial charge in [0.1, 0.15) is 0 Å². The molecular formula is C11H11ClO3. The summed E-state index contributed by atoms with van der Waals surface area (Å²) in [4.78, 5) is 10.4. The molecule has 0 radical (unpaired) electrons. The molecule has 0 aromatic heterocycles. The fourth-order valence-corrected chi connectivity index (χ4v) is 1.15. The van der Waals surface area contributed by atoms with Crippen molar-refractivity contribution in [2.45, 2.75) is 6.61 Å². The van der Waals surface area contributed by atoms with Gasteiger partial charge in [-0.15, -0.1) is 0 Å². The van der Waals surface area contributed by atoms with Gasteiger partial charge in [0, 0.05) is 5.02 Å². The van der Waals surface area contributed by atoms with Gasteiger partial charge in [0.05, 0.1) is 18.8 Å². The zero-order chi connectivity index (χ0) is 11.3. The average molecular weight is 227 g/mol. The Morgan fingerprint density at radius 3 is 2.73 bits per heavy atom. The molecule has 0 amide bonds. The SMILES string of the molecule is C=C(COCc1ccccc1Cl)C(=O)O.